The number of hydrogen-bond acceptors (Lipinski definition) is 3. The zero-order chi connectivity index (χ0) is 12.7. The quantitative estimate of drug-likeness (QED) is 0.756. The van der Waals surface area contributed by atoms with Gasteiger partial charge >= 0.3 is 6.36 Å². The lowest BCUT2D eigenvalue weighted by Gasteiger charge is -2.17. The van der Waals surface area contributed by atoms with E-state index in [2.05, 4.69) is 10.1 Å². The maximum atomic E-state index is 11.7. The van der Waals surface area contributed by atoms with E-state index in [1.165, 1.54) is 0 Å². The molecule has 0 fully saturated rings. The first-order valence-electron chi connectivity index (χ1n) is 5.13. The first-order chi connectivity index (χ1) is 8.03. The molecule has 0 heterocycles. The summed E-state index contributed by atoms with van der Waals surface area (Å²) in [6.45, 7) is -0.650. The summed E-state index contributed by atoms with van der Waals surface area (Å²) in [5.74, 6) is 0. The fourth-order valence-electron chi connectivity index (χ4n) is 1.37. The van der Waals surface area contributed by atoms with Crippen molar-refractivity contribution in [3.63, 3.8) is 0 Å². The van der Waals surface area contributed by atoms with E-state index in [0.717, 1.165) is 5.56 Å². The molecule has 1 rings (SSSR count). The van der Waals surface area contributed by atoms with Crippen LogP contribution < -0.4 is 5.32 Å². The average Bonchev–Trinajstić information content (AvgIpc) is 2.29. The highest BCUT2D eigenvalue weighted by Gasteiger charge is 2.28. The molecule has 2 N–H and O–H groups in total. The van der Waals surface area contributed by atoms with Crippen molar-refractivity contribution in [3.8, 4) is 0 Å². The summed E-state index contributed by atoms with van der Waals surface area (Å²) in [4.78, 5) is 0. The molecule has 96 valence electrons. The molecule has 0 radical (unpaired) electrons. The van der Waals surface area contributed by atoms with Gasteiger partial charge in [0.05, 0.1) is 19.3 Å². The van der Waals surface area contributed by atoms with Gasteiger partial charge in [-0.15, -0.1) is 13.2 Å². The predicted molar refractivity (Wildman–Crippen MR) is 56.3 cm³/mol. The van der Waals surface area contributed by atoms with Gasteiger partial charge in [0.25, 0.3) is 0 Å². The van der Waals surface area contributed by atoms with Gasteiger partial charge in [-0.25, -0.2) is 0 Å². The van der Waals surface area contributed by atoms with Crippen molar-refractivity contribution < 1.29 is 23.0 Å². The molecule has 1 aromatic carbocycles. The Balaban J connectivity index is 2.34. The Bertz CT molecular complexity index is 316. The zero-order valence-corrected chi connectivity index (χ0v) is 9.07. The number of aliphatic hydroxyl groups is 1. The third kappa shape index (κ3) is 5.67. The normalized spacial score (nSPS) is 13.6. The van der Waals surface area contributed by atoms with Gasteiger partial charge in [-0.1, -0.05) is 30.3 Å². The second kappa shape index (κ2) is 6.58. The van der Waals surface area contributed by atoms with Crippen LogP contribution in [0.2, 0.25) is 0 Å². The Labute approximate surface area is 97.2 Å². The van der Waals surface area contributed by atoms with E-state index in [1.807, 2.05) is 6.07 Å². The maximum Gasteiger partial charge on any atom is 0.522 e. The highest BCUT2D eigenvalue weighted by Crippen LogP contribution is 2.16. The minimum absolute atomic E-state index is 0.0135. The lowest BCUT2D eigenvalue weighted by molar-refractivity contribution is -0.323. The number of halogens is 3. The molecule has 1 atom stereocenters. The summed E-state index contributed by atoms with van der Waals surface area (Å²) in [5.41, 5.74) is 0.821. The molecule has 6 heteroatoms. The van der Waals surface area contributed by atoms with Crippen molar-refractivity contribution in [3.05, 3.63) is 35.9 Å². The lowest BCUT2D eigenvalue weighted by Crippen LogP contribution is -2.29. The fourth-order valence-corrected chi connectivity index (χ4v) is 1.37. The molecule has 0 bridgehead atoms. The number of ether oxygens (including phenoxy) is 1. The molecular formula is C11H14F3NO2. The van der Waals surface area contributed by atoms with Crippen LogP contribution in [0.4, 0.5) is 13.2 Å². The van der Waals surface area contributed by atoms with Crippen LogP contribution in [0.25, 0.3) is 0 Å². The van der Waals surface area contributed by atoms with Gasteiger partial charge in [-0.05, 0) is 5.56 Å². The molecule has 0 aromatic heterocycles. The second-order valence-corrected chi connectivity index (χ2v) is 3.39. The lowest BCUT2D eigenvalue weighted by atomic mass is 10.1. The van der Waals surface area contributed by atoms with Crippen LogP contribution >= 0.6 is 0 Å². The highest BCUT2D eigenvalue weighted by atomic mass is 19.4. The van der Waals surface area contributed by atoms with Crippen molar-refractivity contribution in [1.82, 2.24) is 5.32 Å². The molecule has 1 aromatic rings. The van der Waals surface area contributed by atoms with Crippen LogP contribution in [0, 0.1) is 0 Å². The fraction of sp³-hybridized carbons (Fsp3) is 0.455. The largest absolute Gasteiger partial charge is 0.522 e. The number of rotatable bonds is 6. The topological polar surface area (TPSA) is 41.5 Å². The van der Waals surface area contributed by atoms with Crippen molar-refractivity contribution in [2.24, 2.45) is 0 Å². The van der Waals surface area contributed by atoms with Crippen LogP contribution in [0.1, 0.15) is 11.6 Å². The number of hydrogen-bond donors (Lipinski definition) is 2. The van der Waals surface area contributed by atoms with Crippen LogP contribution in [0.5, 0.6) is 0 Å². The minimum atomic E-state index is -4.61. The smallest absolute Gasteiger partial charge is 0.394 e. The first kappa shape index (κ1) is 14.0. The average molecular weight is 249 g/mol. The van der Waals surface area contributed by atoms with Crippen LogP contribution in [-0.4, -0.2) is 31.2 Å². The third-order valence-corrected chi connectivity index (χ3v) is 2.14. The van der Waals surface area contributed by atoms with Gasteiger partial charge in [0.2, 0.25) is 0 Å². The molecule has 17 heavy (non-hydrogen) atoms. The molecule has 0 aliphatic rings. The van der Waals surface area contributed by atoms with Gasteiger partial charge in [0.1, 0.15) is 0 Å². The number of aliphatic hydroxyl groups excluding tert-OH is 1. The van der Waals surface area contributed by atoms with Gasteiger partial charge in [0, 0.05) is 6.54 Å². The Kier molecular flexibility index (Phi) is 5.40. The molecular weight excluding hydrogens is 235 g/mol. The summed E-state index contributed by atoms with van der Waals surface area (Å²) in [5, 5.41) is 11.9. The molecule has 1 unspecified atom stereocenters. The first-order valence-corrected chi connectivity index (χ1v) is 5.13. The predicted octanol–water partition coefficient (Wildman–Crippen LogP) is 1.85. The van der Waals surface area contributed by atoms with E-state index in [0.29, 0.717) is 0 Å². The van der Waals surface area contributed by atoms with E-state index in [9.17, 15) is 13.2 Å². The summed E-state index contributed by atoms with van der Waals surface area (Å²) in [7, 11) is 0. The Morgan fingerprint density at radius 3 is 2.41 bits per heavy atom. The molecule has 0 saturated heterocycles. The van der Waals surface area contributed by atoms with Gasteiger partial charge < -0.3 is 10.4 Å². The van der Waals surface area contributed by atoms with Gasteiger partial charge in [0.15, 0.2) is 0 Å². The second-order valence-electron chi connectivity index (χ2n) is 3.39. The van der Waals surface area contributed by atoms with Crippen molar-refractivity contribution in [1.29, 1.82) is 0 Å². The third-order valence-electron chi connectivity index (χ3n) is 2.14. The SMILES string of the molecule is OCC(NCCOC(F)(F)F)c1ccccc1. The van der Waals surface area contributed by atoms with Crippen LogP contribution in [0.15, 0.2) is 30.3 Å². The van der Waals surface area contributed by atoms with Gasteiger partial charge in [-0.3, -0.25) is 4.74 Å². The standard InChI is InChI=1S/C11H14F3NO2/c12-11(13,14)17-7-6-15-10(8-16)9-4-2-1-3-5-9/h1-5,10,15-16H,6-8H2. The Morgan fingerprint density at radius 2 is 1.88 bits per heavy atom. The molecule has 0 spiro atoms. The summed E-state index contributed by atoms with van der Waals surface area (Å²) < 4.78 is 38.7. The van der Waals surface area contributed by atoms with Crippen LogP contribution in [-0.2, 0) is 4.74 Å². The van der Waals surface area contributed by atoms with E-state index < -0.39 is 13.0 Å². The van der Waals surface area contributed by atoms with Gasteiger partial charge in [-0.2, -0.15) is 0 Å². The van der Waals surface area contributed by atoms with Crippen molar-refractivity contribution in [2.75, 3.05) is 19.8 Å². The highest BCUT2D eigenvalue weighted by molar-refractivity contribution is 5.18. The van der Waals surface area contributed by atoms with E-state index in [4.69, 9.17) is 5.11 Å². The van der Waals surface area contributed by atoms with E-state index in [1.54, 1.807) is 24.3 Å². The zero-order valence-electron chi connectivity index (χ0n) is 9.07. The molecule has 0 aliphatic carbocycles. The van der Waals surface area contributed by atoms with Crippen molar-refractivity contribution in [2.45, 2.75) is 12.4 Å². The number of alkyl halides is 3. The van der Waals surface area contributed by atoms with Crippen LogP contribution in [0.3, 0.4) is 0 Å². The maximum absolute atomic E-state index is 11.7. The summed E-state index contributed by atoms with van der Waals surface area (Å²) >= 11 is 0. The number of nitrogens with one attached hydrogen (secondary N) is 1. The Morgan fingerprint density at radius 1 is 1.24 bits per heavy atom. The molecule has 0 amide bonds. The molecule has 0 aliphatic heterocycles. The molecule has 0 saturated carbocycles. The number of benzene rings is 1. The van der Waals surface area contributed by atoms with E-state index in [-0.39, 0.29) is 19.2 Å². The molecule has 3 nitrogen and oxygen atoms in total. The summed E-state index contributed by atoms with van der Waals surface area (Å²) in [6, 6.07) is 8.62. The van der Waals surface area contributed by atoms with E-state index >= 15 is 0 Å². The monoisotopic (exact) mass is 249 g/mol. The van der Waals surface area contributed by atoms with Crippen molar-refractivity contribution >= 4 is 0 Å². The minimum Gasteiger partial charge on any atom is -0.394 e. The summed E-state index contributed by atoms with van der Waals surface area (Å²) in [6.07, 6.45) is -4.61. The Hall–Kier alpha value is -1.11.